The van der Waals surface area contributed by atoms with Crippen molar-refractivity contribution < 1.29 is 4.74 Å². The van der Waals surface area contributed by atoms with Gasteiger partial charge in [-0.3, -0.25) is 4.68 Å². The summed E-state index contributed by atoms with van der Waals surface area (Å²) in [6.07, 6.45) is 3.96. The van der Waals surface area contributed by atoms with Gasteiger partial charge in [0.2, 0.25) is 0 Å². The molecule has 0 radical (unpaired) electrons. The molecule has 3 rings (SSSR count). The molecule has 84 valence electrons. The zero-order valence-electron chi connectivity index (χ0n) is 9.01. The number of rotatable bonds is 2. The summed E-state index contributed by atoms with van der Waals surface area (Å²) in [5.41, 5.74) is 2.26. The van der Waals surface area contributed by atoms with Gasteiger partial charge in [0.1, 0.15) is 11.6 Å². The van der Waals surface area contributed by atoms with Crippen molar-refractivity contribution >= 4 is 21.6 Å². The topological polar surface area (TPSA) is 39.1 Å². The first-order valence-corrected chi connectivity index (χ1v) is 6.17. The van der Waals surface area contributed by atoms with E-state index in [9.17, 15) is 0 Å². The molecule has 0 aromatic carbocycles. The van der Waals surface area contributed by atoms with Crippen LogP contribution >= 0.6 is 11.3 Å². The van der Waals surface area contributed by atoms with Gasteiger partial charge in [0.05, 0.1) is 23.5 Å². The van der Waals surface area contributed by atoms with Crippen LogP contribution in [0.1, 0.15) is 11.8 Å². The van der Waals surface area contributed by atoms with Gasteiger partial charge in [0, 0.05) is 7.05 Å². The lowest BCUT2D eigenvalue weighted by atomic mass is 10.2. The minimum absolute atomic E-state index is 0.0184. The second kappa shape index (κ2) is 3.92. The van der Waals surface area contributed by atoms with Crippen LogP contribution in [0.5, 0.6) is 0 Å². The highest BCUT2D eigenvalue weighted by Gasteiger charge is 2.24. The van der Waals surface area contributed by atoms with Gasteiger partial charge in [-0.1, -0.05) is 0 Å². The Bertz CT molecular complexity index is 528. The summed E-state index contributed by atoms with van der Waals surface area (Å²) in [7, 11) is 1.89. The fourth-order valence-electron chi connectivity index (χ4n) is 2.00. The molecule has 1 aliphatic heterocycles. The Kier molecular flexibility index (Phi) is 2.41. The molecular formula is C11H13N3OS. The molecule has 4 nitrogen and oxygen atoms in total. The Morgan fingerprint density at radius 3 is 3.50 bits per heavy atom. The van der Waals surface area contributed by atoms with Gasteiger partial charge in [-0.15, -0.1) is 11.3 Å². The quantitative estimate of drug-likeness (QED) is 0.864. The lowest BCUT2D eigenvalue weighted by molar-refractivity contribution is 0.0480. The highest BCUT2D eigenvalue weighted by atomic mass is 32.1. The van der Waals surface area contributed by atoms with E-state index in [1.54, 1.807) is 11.3 Å². The molecule has 3 heterocycles. The Hall–Kier alpha value is -1.33. The molecule has 2 aromatic heterocycles. The fraction of sp³-hybridized carbons (Fsp3) is 0.364. The summed E-state index contributed by atoms with van der Waals surface area (Å²) < 4.78 is 9.07. The van der Waals surface area contributed by atoms with Crippen LogP contribution in [0.2, 0.25) is 0 Å². The Balaban J connectivity index is 2.10. The molecule has 2 aromatic rings. The molecule has 0 saturated carbocycles. The maximum Gasteiger partial charge on any atom is 0.120 e. The number of aromatic nitrogens is 2. The monoisotopic (exact) mass is 235 g/mol. The first-order valence-electron chi connectivity index (χ1n) is 5.29. The molecule has 1 aliphatic rings. The van der Waals surface area contributed by atoms with Crippen molar-refractivity contribution in [1.82, 2.24) is 15.1 Å². The maximum absolute atomic E-state index is 5.76. The zero-order chi connectivity index (χ0) is 11.0. The van der Waals surface area contributed by atoms with Gasteiger partial charge < -0.3 is 10.1 Å². The van der Waals surface area contributed by atoms with Crippen LogP contribution in [-0.2, 0) is 11.3 Å². The van der Waals surface area contributed by atoms with Gasteiger partial charge >= 0.3 is 0 Å². The zero-order valence-corrected chi connectivity index (χ0v) is 9.83. The standard InChI is InChI=1S/C11H13N3OS/c1-12-4-2-9-10-11-8(3-7-16-11)13-14(10)5-6-15-9/h2-4,7,9,12H,5-6H2,1H3/b4-2+/t9-/m1/s1. The minimum Gasteiger partial charge on any atom is -0.394 e. The summed E-state index contributed by atoms with van der Waals surface area (Å²) in [5.74, 6) is 0. The van der Waals surface area contributed by atoms with E-state index in [0.717, 1.165) is 18.7 Å². The van der Waals surface area contributed by atoms with Gasteiger partial charge in [0.15, 0.2) is 0 Å². The van der Waals surface area contributed by atoms with E-state index < -0.39 is 0 Å². The molecule has 1 atom stereocenters. The van der Waals surface area contributed by atoms with E-state index in [2.05, 4.69) is 26.5 Å². The third-order valence-electron chi connectivity index (χ3n) is 2.69. The number of ether oxygens (including phenoxy) is 1. The molecule has 0 bridgehead atoms. The van der Waals surface area contributed by atoms with Crippen LogP contribution < -0.4 is 5.32 Å². The Labute approximate surface area is 97.5 Å². The Morgan fingerprint density at radius 1 is 1.69 bits per heavy atom. The summed E-state index contributed by atoms with van der Waals surface area (Å²) >= 11 is 1.73. The summed E-state index contributed by atoms with van der Waals surface area (Å²) in [4.78, 5) is 0. The number of thiophene rings is 1. The normalized spacial score (nSPS) is 20.4. The highest BCUT2D eigenvalue weighted by molar-refractivity contribution is 7.17. The molecule has 0 amide bonds. The predicted molar refractivity (Wildman–Crippen MR) is 64.5 cm³/mol. The SMILES string of the molecule is CN/C=C/[C@H]1OCCn2nc3ccsc3c21. The average molecular weight is 235 g/mol. The van der Waals surface area contributed by atoms with Crippen LogP contribution in [0.3, 0.4) is 0 Å². The summed E-state index contributed by atoms with van der Waals surface area (Å²) in [5, 5.41) is 9.63. The number of hydrogen-bond acceptors (Lipinski definition) is 4. The minimum atomic E-state index is 0.0184. The van der Waals surface area contributed by atoms with E-state index in [4.69, 9.17) is 4.74 Å². The van der Waals surface area contributed by atoms with Crippen molar-refractivity contribution in [3.63, 3.8) is 0 Å². The van der Waals surface area contributed by atoms with Crippen molar-refractivity contribution in [2.24, 2.45) is 0 Å². The second-order valence-corrected chi connectivity index (χ2v) is 4.60. The van der Waals surface area contributed by atoms with Gasteiger partial charge in [-0.05, 0) is 23.7 Å². The second-order valence-electron chi connectivity index (χ2n) is 3.68. The molecule has 0 spiro atoms. The Morgan fingerprint density at radius 2 is 2.62 bits per heavy atom. The molecule has 1 N–H and O–H groups in total. The summed E-state index contributed by atoms with van der Waals surface area (Å²) in [6.45, 7) is 1.57. The summed E-state index contributed by atoms with van der Waals surface area (Å²) in [6, 6.07) is 2.06. The highest BCUT2D eigenvalue weighted by Crippen LogP contribution is 2.33. The van der Waals surface area contributed by atoms with Crippen molar-refractivity contribution in [2.45, 2.75) is 12.6 Å². The lowest BCUT2D eigenvalue weighted by Crippen LogP contribution is -2.21. The average Bonchev–Trinajstić information content (AvgIpc) is 2.85. The van der Waals surface area contributed by atoms with Gasteiger partial charge in [-0.25, -0.2) is 0 Å². The fourth-order valence-corrected chi connectivity index (χ4v) is 2.90. The number of fused-ring (bicyclic) bond motifs is 3. The van der Waals surface area contributed by atoms with Crippen LogP contribution in [0, 0.1) is 0 Å². The lowest BCUT2D eigenvalue weighted by Gasteiger charge is -2.21. The van der Waals surface area contributed by atoms with Crippen molar-refractivity contribution in [1.29, 1.82) is 0 Å². The first kappa shape index (κ1) is 9.86. The van der Waals surface area contributed by atoms with Crippen molar-refractivity contribution in [3.8, 4) is 0 Å². The number of nitrogens with zero attached hydrogens (tertiary/aromatic N) is 2. The van der Waals surface area contributed by atoms with E-state index >= 15 is 0 Å². The predicted octanol–water partition coefficient (Wildman–Crippen LogP) is 1.90. The number of nitrogens with one attached hydrogen (secondary N) is 1. The van der Waals surface area contributed by atoms with Crippen molar-refractivity contribution in [3.05, 3.63) is 29.4 Å². The van der Waals surface area contributed by atoms with Gasteiger partial charge in [-0.2, -0.15) is 5.10 Å². The molecule has 16 heavy (non-hydrogen) atoms. The molecule has 0 unspecified atom stereocenters. The van der Waals surface area contributed by atoms with Crippen molar-refractivity contribution in [2.75, 3.05) is 13.7 Å². The third kappa shape index (κ3) is 1.44. The van der Waals surface area contributed by atoms with E-state index in [0.29, 0.717) is 0 Å². The molecule has 0 aliphatic carbocycles. The first-order chi connectivity index (χ1) is 7.90. The molecule has 5 heteroatoms. The molecule has 0 fully saturated rings. The van der Waals surface area contributed by atoms with E-state index in [1.807, 2.05) is 19.3 Å². The molecular weight excluding hydrogens is 222 g/mol. The third-order valence-corrected chi connectivity index (χ3v) is 3.62. The number of hydrogen-bond donors (Lipinski definition) is 1. The van der Waals surface area contributed by atoms with E-state index in [-0.39, 0.29) is 6.10 Å². The maximum atomic E-state index is 5.76. The van der Waals surface area contributed by atoms with Crippen LogP contribution in [-0.4, -0.2) is 23.4 Å². The largest absolute Gasteiger partial charge is 0.394 e. The van der Waals surface area contributed by atoms with Gasteiger partial charge in [0.25, 0.3) is 0 Å². The van der Waals surface area contributed by atoms with Crippen LogP contribution in [0.25, 0.3) is 10.2 Å². The smallest absolute Gasteiger partial charge is 0.120 e. The molecule has 0 saturated heterocycles. The van der Waals surface area contributed by atoms with Crippen LogP contribution in [0.4, 0.5) is 0 Å². The van der Waals surface area contributed by atoms with E-state index in [1.165, 1.54) is 10.4 Å². The van der Waals surface area contributed by atoms with Crippen LogP contribution in [0.15, 0.2) is 23.7 Å².